The summed E-state index contributed by atoms with van der Waals surface area (Å²) in [5, 5.41) is 22.5. The monoisotopic (exact) mass is 1010 g/mol. The van der Waals surface area contributed by atoms with Crippen LogP contribution < -0.4 is 20.3 Å². The van der Waals surface area contributed by atoms with E-state index in [-0.39, 0.29) is 35.1 Å². The highest BCUT2D eigenvalue weighted by atomic mass is 32.2. The summed E-state index contributed by atoms with van der Waals surface area (Å²) >= 11 is 0. The Balaban J connectivity index is 0.000000310. The second-order valence-corrected chi connectivity index (χ2v) is 19.8. The van der Waals surface area contributed by atoms with E-state index in [9.17, 15) is 37.2 Å². The summed E-state index contributed by atoms with van der Waals surface area (Å²) in [6.07, 6.45) is -1.02. The largest absolute Gasteiger partial charge is 0.488 e. The number of carbonyl (C=O) groups is 6. The Morgan fingerprint density at radius 3 is 1.26 bits per heavy atom. The first-order chi connectivity index (χ1) is 33.6. The van der Waals surface area contributed by atoms with Gasteiger partial charge in [-0.05, 0) is 114 Å². The van der Waals surface area contributed by atoms with Crippen molar-refractivity contribution in [3.8, 4) is 16.9 Å². The number of hydrogen-bond donors (Lipinski definition) is 4. The van der Waals surface area contributed by atoms with Crippen molar-refractivity contribution < 1.29 is 70.4 Å². The lowest BCUT2D eigenvalue weighted by molar-refractivity contribution is -0.143. The lowest BCUT2D eigenvalue weighted by Crippen LogP contribution is -2.45. The molecule has 0 heterocycles. The number of alkyl carbamates (subject to hydrolysis) is 2. The number of esters is 2. The molecule has 19 heteroatoms. The zero-order valence-corrected chi connectivity index (χ0v) is 43.1. The number of amides is 2. The van der Waals surface area contributed by atoms with Gasteiger partial charge in [-0.3, -0.25) is 9.59 Å². The molecule has 0 saturated heterocycles. The van der Waals surface area contributed by atoms with Gasteiger partial charge in [-0.25, -0.2) is 19.2 Å². The number of ether oxygens (including phenoxy) is 4. The predicted molar refractivity (Wildman–Crippen MR) is 271 cm³/mol. The van der Waals surface area contributed by atoms with Crippen LogP contribution in [0.1, 0.15) is 92.8 Å². The number of Topliss-reactive ketones (excluding diaryl/α,β-unsaturated/α-hetero) is 2. The highest BCUT2D eigenvalue weighted by molar-refractivity contribution is 7.87. The Morgan fingerprint density at radius 1 is 0.556 bits per heavy atom. The Labute approximate surface area is 421 Å². The summed E-state index contributed by atoms with van der Waals surface area (Å²) < 4.78 is 49.9. The van der Waals surface area contributed by atoms with Gasteiger partial charge >= 0.3 is 41.4 Å². The molecule has 0 radical (unpaired) electrons. The zero-order valence-electron chi connectivity index (χ0n) is 42.3. The van der Waals surface area contributed by atoms with Crippen LogP contribution in [-0.2, 0) is 51.5 Å². The molecular weight excluding hydrogens is 947 g/mol. The molecule has 0 aliphatic carbocycles. The van der Waals surface area contributed by atoms with Gasteiger partial charge in [-0.2, -0.15) is 8.42 Å². The van der Waals surface area contributed by atoms with E-state index >= 15 is 0 Å². The maximum atomic E-state index is 12.4. The van der Waals surface area contributed by atoms with Crippen LogP contribution in [0.3, 0.4) is 0 Å². The van der Waals surface area contributed by atoms with Crippen LogP contribution in [0.5, 0.6) is 5.75 Å². The van der Waals surface area contributed by atoms with Gasteiger partial charge in [0.1, 0.15) is 33.9 Å². The Kier molecular flexibility index (Phi) is 21.9. The quantitative estimate of drug-likeness (QED) is 0.0268. The predicted octanol–water partition coefficient (Wildman–Crippen LogP) is 7.11. The van der Waals surface area contributed by atoms with E-state index in [2.05, 4.69) is 10.6 Å². The van der Waals surface area contributed by atoms with Crippen LogP contribution in [0.2, 0.25) is 0 Å². The first kappa shape index (κ1) is 59.0. The van der Waals surface area contributed by atoms with Crippen molar-refractivity contribution >= 4 is 58.4 Å². The number of carbonyl (C=O) groups excluding carboxylic acids is 6. The second kappa shape index (κ2) is 26.7. The minimum absolute atomic E-state index is 0.0261. The molecule has 4 N–H and O–H groups in total. The molecule has 0 aliphatic rings. The molecule has 0 aliphatic heterocycles. The number of methoxy groups -OCH3 is 2. The molecule has 2 atom stereocenters. The minimum Gasteiger partial charge on any atom is -0.467 e. The molecule has 5 aromatic rings. The highest BCUT2D eigenvalue weighted by Gasteiger charge is 2.27. The summed E-state index contributed by atoms with van der Waals surface area (Å²) in [6.45, 7) is 15.2. The molecular formula is C53H63BN2O15S. The van der Waals surface area contributed by atoms with Gasteiger partial charge in [0.25, 0.3) is 0 Å². The van der Waals surface area contributed by atoms with Crippen LogP contribution in [0.25, 0.3) is 11.1 Å². The van der Waals surface area contributed by atoms with Crippen molar-refractivity contribution in [2.75, 3.05) is 14.2 Å². The van der Waals surface area contributed by atoms with Gasteiger partial charge in [0, 0.05) is 24.0 Å². The molecule has 0 unspecified atom stereocenters. The Hall–Kier alpha value is -7.35. The standard InChI is InChI=1S/C23H27NO5.C22H27NO7S.C8H9BO3/c1-15(25)17-10-12-19(13-11-17)18-8-6-16(7-9-18)14-20(21(26)28-5)24-22(27)29-23(2,3)4;1-15-6-12-18(13-7-15)31(26,27)30-17-10-8-16(9-11-17)14-19(20(24)28-5)23-21(25)29-22(2,3)4;1-6(10)7-2-4-8(5-3-7)9(11)12/h6-13,20H,14H2,1-5H3,(H,24,27);6-13,19H,14H2,1-5H3,(H,23,25);2-5,11-12H,1H3/t20-;19-;/m00./s1. The van der Waals surface area contributed by atoms with Crippen molar-refractivity contribution in [3.05, 3.63) is 149 Å². The second-order valence-electron chi connectivity index (χ2n) is 18.2. The Bertz CT molecular complexity index is 2710. The van der Waals surface area contributed by atoms with Crippen LogP contribution in [0.15, 0.2) is 126 Å². The maximum absolute atomic E-state index is 12.4. The van der Waals surface area contributed by atoms with E-state index in [1.165, 1.54) is 64.5 Å². The molecule has 5 aromatic carbocycles. The fraction of sp³-hybridized carbons (Fsp3) is 0.321. The van der Waals surface area contributed by atoms with E-state index in [1.54, 1.807) is 90.1 Å². The van der Waals surface area contributed by atoms with Crippen LogP contribution in [-0.4, -0.2) is 98.8 Å². The summed E-state index contributed by atoms with van der Waals surface area (Å²) in [5.74, 6) is -1.06. The summed E-state index contributed by atoms with van der Waals surface area (Å²) in [4.78, 5) is 70.4. The molecule has 0 bridgehead atoms. The number of rotatable bonds is 15. The zero-order chi connectivity index (χ0) is 54.0. The van der Waals surface area contributed by atoms with E-state index in [4.69, 9.17) is 33.2 Å². The van der Waals surface area contributed by atoms with Crippen LogP contribution in [0, 0.1) is 6.92 Å². The maximum Gasteiger partial charge on any atom is 0.488 e. The average molecular weight is 1010 g/mol. The smallest absolute Gasteiger partial charge is 0.467 e. The number of benzene rings is 5. The number of ketones is 2. The third-order valence-electron chi connectivity index (χ3n) is 9.87. The topological polar surface area (TPSA) is 247 Å². The number of aryl methyl sites for hydroxylation is 1. The fourth-order valence-corrected chi connectivity index (χ4v) is 7.15. The SMILES string of the molecule is CC(=O)c1ccc(B(O)O)cc1.COC(=O)[C@H](Cc1ccc(-c2ccc(C(C)=O)cc2)cc1)NC(=O)OC(C)(C)C.COC(=O)[C@H](Cc1ccc(OS(=O)(=O)c2ccc(C)cc2)cc1)NC(=O)OC(C)(C)C. The van der Waals surface area contributed by atoms with E-state index in [0.29, 0.717) is 22.2 Å². The molecule has 0 fully saturated rings. The molecule has 2 amide bonds. The van der Waals surface area contributed by atoms with Crippen molar-refractivity contribution in [1.82, 2.24) is 10.6 Å². The molecule has 384 valence electrons. The summed E-state index contributed by atoms with van der Waals surface area (Å²) in [5.41, 5.74) is 4.67. The highest BCUT2D eigenvalue weighted by Crippen LogP contribution is 2.23. The molecule has 5 rings (SSSR count). The first-order valence-electron chi connectivity index (χ1n) is 22.5. The number of hydrogen-bond acceptors (Lipinski definition) is 15. The van der Waals surface area contributed by atoms with E-state index < -0.39 is 64.6 Å². The van der Waals surface area contributed by atoms with Crippen molar-refractivity contribution in [1.29, 1.82) is 0 Å². The average Bonchev–Trinajstić information content (AvgIpc) is 3.30. The van der Waals surface area contributed by atoms with Gasteiger partial charge < -0.3 is 43.8 Å². The fourth-order valence-electron chi connectivity index (χ4n) is 6.22. The lowest BCUT2D eigenvalue weighted by atomic mass is 9.80. The van der Waals surface area contributed by atoms with Gasteiger partial charge in [-0.1, -0.05) is 103 Å². The van der Waals surface area contributed by atoms with Crippen molar-refractivity contribution in [2.45, 2.75) is 103 Å². The van der Waals surface area contributed by atoms with Gasteiger partial charge in [0.05, 0.1) is 14.2 Å². The third kappa shape index (κ3) is 20.6. The van der Waals surface area contributed by atoms with Gasteiger partial charge in [0.2, 0.25) is 0 Å². The molecule has 0 spiro atoms. The van der Waals surface area contributed by atoms with Gasteiger partial charge in [-0.15, -0.1) is 0 Å². The van der Waals surface area contributed by atoms with Crippen molar-refractivity contribution in [3.63, 3.8) is 0 Å². The van der Waals surface area contributed by atoms with Crippen LogP contribution in [0.4, 0.5) is 9.59 Å². The summed E-state index contributed by atoms with van der Waals surface area (Å²) in [7, 11) is -2.93. The Morgan fingerprint density at radius 2 is 0.917 bits per heavy atom. The van der Waals surface area contributed by atoms with Crippen molar-refractivity contribution in [2.24, 2.45) is 0 Å². The van der Waals surface area contributed by atoms with Crippen LogP contribution >= 0.6 is 0 Å². The van der Waals surface area contributed by atoms with Gasteiger partial charge in [0.15, 0.2) is 11.6 Å². The molecule has 72 heavy (non-hydrogen) atoms. The number of nitrogens with one attached hydrogen (secondary N) is 2. The molecule has 0 aromatic heterocycles. The first-order valence-corrected chi connectivity index (χ1v) is 23.9. The lowest BCUT2D eigenvalue weighted by Gasteiger charge is -2.22. The minimum atomic E-state index is -3.96. The van der Waals surface area contributed by atoms with E-state index in [0.717, 1.165) is 22.3 Å². The third-order valence-corrected chi connectivity index (χ3v) is 11.1. The van der Waals surface area contributed by atoms with E-state index in [1.807, 2.05) is 43.3 Å². The molecule has 0 saturated carbocycles. The molecule has 17 nitrogen and oxygen atoms in total. The normalized spacial score (nSPS) is 11.8. The summed E-state index contributed by atoms with van der Waals surface area (Å²) in [6, 6.07) is 31.8.